The molecule has 12 heteroatoms. The lowest BCUT2D eigenvalue weighted by atomic mass is 9.97. The molecule has 4 aromatic carbocycles. The van der Waals surface area contributed by atoms with E-state index in [0.29, 0.717) is 0 Å². The van der Waals surface area contributed by atoms with E-state index in [0.717, 1.165) is 16.7 Å². The monoisotopic (exact) mass is 757 g/mol. The molecule has 1 saturated heterocycles. The minimum atomic E-state index is -2.27. The Kier molecular flexibility index (Phi) is 14.3. The Bertz CT molecular complexity index is 1790. The van der Waals surface area contributed by atoms with Crippen LogP contribution >= 0.6 is 0 Å². The van der Waals surface area contributed by atoms with Gasteiger partial charge in [-0.25, -0.2) is 4.79 Å². The third-order valence-electron chi connectivity index (χ3n) is 9.97. The number of nitro groups is 1. The normalized spacial score (nSPS) is 20.4. The number of nitrogens with zero attached hydrogens (tertiary/aromatic N) is 1. The lowest BCUT2D eigenvalue weighted by molar-refractivity contribution is -0.386. The first kappa shape index (κ1) is 40.9. The molecule has 0 unspecified atom stereocenters. The predicted octanol–water partition coefficient (Wildman–Crippen LogP) is 8.40. The Hall–Kier alpha value is -4.27. The van der Waals surface area contributed by atoms with Crippen molar-refractivity contribution in [3.63, 3.8) is 0 Å². The van der Waals surface area contributed by atoms with Crippen LogP contribution in [0.4, 0.5) is 5.69 Å². The SMILES string of the molecule is COC(=O)c1ccc(CO[C@H]2O[C@H](CO[Si](C)(C)C(C)(C)C)[C@@H](OCc3ccccc3)[C@H](OCc3ccccc3)[C@@H]2OCc2ccccc2)c([N+](=O)[O-])c1. The highest BCUT2D eigenvalue weighted by Gasteiger charge is 2.50. The van der Waals surface area contributed by atoms with E-state index >= 15 is 0 Å². The molecular weight excluding hydrogens is 707 g/mol. The fraction of sp³-hybridized carbons (Fsp3) is 0.405. The number of ether oxygens (including phenoxy) is 6. The molecule has 1 aliphatic heterocycles. The molecule has 5 rings (SSSR count). The van der Waals surface area contributed by atoms with E-state index in [1.807, 2.05) is 91.0 Å². The number of nitro benzene ring substituents is 1. The molecule has 4 aromatic rings. The van der Waals surface area contributed by atoms with Gasteiger partial charge in [-0.15, -0.1) is 0 Å². The zero-order valence-corrected chi connectivity index (χ0v) is 32.8. The number of carbonyl (C=O) groups excluding carboxylic acids is 1. The number of rotatable bonds is 17. The number of methoxy groups -OCH3 is 1. The number of esters is 1. The summed E-state index contributed by atoms with van der Waals surface area (Å²) < 4.78 is 45.0. The van der Waals surface area contributed by atoms with Crippen molar-refractivity contribution in [1.82, 2.24) is 0 Å². The van der Waals surface area contributed by atoms with Crippen molar-refractivity contribution in [3.05, 3.63) is 147 Å². The number of benzene rings is 4. The first-order valence-electron chi connectivity index (χ1n) is 18.1. The largest absolute Gasteiger partial charge is 0.465 e. The molecule has 11 nitrogen and oxygen atoms in total. The van der Waals surface area contributed by atoms with Gasteiger partial charge in [0.2, 0.25) is 0 Å². The summed E-state index contributed by atoms with van der Waals surface area (Å²) in [5, 5.41) is 12.1. The van der Waals surface area contributed by atoms with E-state index in [4.69, 9.17) is 32.8 Å². The van der Waals surface area contributed by atoms with Crippen molar-refractivity contribution < 1.29 is 42.6 Å². The molecule has 0 aromatic heterocycles. The van der Waals surface area contributed by atoms with Gasteiger partial charge in [-0.05, 0) is 47.0 Å². The van der Waals surface area contributed by atoms with Gasteiger partial charge in [0.15, 0.2) is 14.6 Å². The second-order valence-electron chi connectivity index (χ2n) is 14.8. The van der Waals surface area contributed by atoms with Crippen molar-refractivity contribution in [1.29, 1.82) is 0 Å². The molecule has 0 bridgehead atoms. The van der Waals surface area contributed by atoms with Crippen molar-refractivity contribution in [2.24, 2.45) is 0 Å². The van der Waals surface area contributed by atoms with Gasteiger partial charge in [0.25, 0.3) is 5.69 Å². The summed E-state index contributed by atoms with van der Waals surface area (Å²) in [7, 11) is -1.05. The third-order valence-corrected chi connectivity index (χ3v) is 14.5. The summed E-state index contributed by atoms with van der Waals surface area (Å²) in [5.41, 5.74) is 2.89. The molecule has 0 spiro atoms. The summed E-state index contributed by atoms with van der Waals surface area (Å²) in [6.45, 7) is 11.6. The minimum absolute atomic E-state index is 0.0570. The summed E-state index contributed by atoms with van der Waals surface area (Å²) in [5.74, 6) is -0.680. The van der Waals surface area contributed by atoms with E-state index in [1.165, 1.54) is 25.3 Å². The summed E-state index contributed by atoms with van der Waals surface area (Å²) >= 11 is 0. The third kappa shape index (κ3) is 10.9. The first-order valence-corrected chi connectivity index (χ1v) is 21.0. The second-order valence-corrected chi connectivity index (χ2v) is 19.6. The van der Waals surface area contributed by atoms with E-state index in [-0.39, 0.29) is 54.9 Å². The molecule has 288 valence electrons. The van der Waals surface area contributed by atoms with Gasteiger partial charge in [-0.1, -0.05) is 112 Å². The van der Waals surface area contributed by atoms with Gasteiger partial charge in [-0.2, -0.15) is 0 Å². The van der Waals surface area contributed by atoms with Crippen LogP contribution in [0, 0.1) is 10.1 Å². The van der Waals surface area contributed by atoms with Crippen LogP contribution in [0.15, 0.2) is 109 Å². The van der Waals surface area contributed by atoms with Gasteiger partial charge in [0, 0.05) is 6.07 Å². The van der Waals surface area contributed by atoms with E-state index < -0.39 is 49.9 Å². The van der Waals surface area contributed by atoms with Crippen LogP contribution in [0.1, 0.15) is 53.4 Å². The summed E-state index contributed by atoms with van der Waals surface area (Å²) in [6.07, 6.45) is -3.94. The second kappa shape index (κ2) is 18.9. The molecule has 1 aliphatic rings. The highest BCUT2D eigenvalue weighted by atomic mass is 28.4. The fourth-order valence-electron chi connectivity index (χ4n) is 5.79. The van der Waals surface area contributed by atoms with Crippen LogP contribution in [0.5, 0.6) is 0 Å². The molecule has 0 amide bonds. The van der Waals surface area contributed by atoms with Gasteiger partial charge in [0.1, 0.15) is 24.4 Å². The van der Waals surface area contributed by atoms with Crippen LogP contribution in [0.3, 0.4) is 0 Å². The Morgan fingerprint density at radius 1 is 0.722 bits per heavy atom. The first-order chi connectivity index (χ1) is 25.9. The number of carbonyl (C=O) groups is 1. The highest BCUT2D eigenvalue weighted by molar-refractivity contribution is 6.74. The summed E-state index contributed by atoms with van der Waals surface area (Å²) in [6, 6.07) is 33.6. The van der Waals surface area contributed by atoms with Crippen LogP contribution in [0.25, 0.3) is 0 Å². The van der Waals surface area contributed by atoms with Crippen LogP contribution in [-0.4, -0.2) is 63.6 Å². The lowest BCUT2D eigenvalue weighted by Gasteiger charge is -2.47. The van der Waals surface area contributed by atoms with Crippen molar-refractivity contribution in [3.8, 4) is 0 Å². The molecule has 54 heavy (non-hydrogen) atoms. The van der Waals surface area contributed by atoms with Crippen LogP contribution in [0.2, 0.25) is 18.1 Å². The van der Waals surface area contributed by atoms with Crippen molar-refractivity contribution in [2.75, 3.05) is 13.7 Å². The van der Waals surface area contributed by atoms with Crippen LogP contribution < -0.4 is 0 Å². The topological polar surface area (TPSA) is 125 Å². The number of hydrogen-bond donors (Lipinski definition) is 0. The Morgan fingerprint density at radius 2 is 1.22 bits per heavy atom. The molecule has 0 aliphatic carbocycles. The molecular formula is C42H51NO10Si. The molecule has 0 N–H and O–H groups in total. The minimum Gasteiger partial charge on any atom is -0.465 e. The predicted molar refractivity (Wildman–Crippen MR) is 206 cm³/mol. The zero-order chi connectivity index (χ0) is 38.7. The van der Waals surface area contributed by atoms with Gasteiger partial charge in [0.05, 0.1) is 56.2 Å². The maximum Gasteiger partial charge on any atom is 0.338 e. The molecule has 0 radical (unpaired) electrons. The molecule has 0 saturated carbocycles. The quantitative estimate of drug-likeness (QED) is 0.0449. The average molecular weight is 758 g/mol. The van der Waals surface area contributed by atoms with Crippen molar-refractivity contribution >= 4 is 20.0 Å². The smallest absolute Gasteiger partial charge is 0.338 e. The van der Waals surface area contributed by atoms with Crippen LogP contribution in [-0.2, 0) is 59.3 Å². The van der Waals surface area contributed by atoms with E-state index in [2.05, 4.69) is 33.9 Å². The molecule has 1 fully saturated rings. The Morgan fingerprint density at radius 3 is 1.70 bits per heavy atom. The standard InChI is InChI=1S/C42H51NO10Si/c1-42(2,3)54(5,6)52-29-36-37(48-25-30-16-10-7-11-17-30)38(49-26-31-18-12-8-13-19-31)39(50-27-32-20-14-9-15-21-32)41(53-36)51-28-34-23-22-33(40(44)47-4)24-35(34)43(45)46/h7-24,36-39,41H,25-29H2,1-6H3/t36-,37-,38+,39+,41+/m1/s1. The summed E-state index contributed by atoms with van der Waals surface area (Å²) in [4.78, 5) is 23.8. The fourth-order valence-corrected chi connectivity index (χ4v) is 6.81. The molecule has 1 heterocycles. The zero-order valence-electron chi connectivity index (χ0n) is 31.8. The van der Waals surface area contributed by atoms with Gasteiger partial charge in [-0.3, -0.25) is 10.1 Å². The van der Waals surface area contributed by atoms with E-state index in [1.54, 1.807) is 0 Å². The van der Waals surface area contributed by atoms with E-state index in [9.17, 15) is 14.9 Å². The average Bonchev–Trinajstić information content (AvgIpc) is 3.17. The highest BCUT2D eigenvalue weighted by Crippen LogP contribution is 2.38. The molecule has 5 atom stereocenters. The Balaban J connectivity index is 1.53. The Labute approximate surface area is 318 Å². The maximum atomic E-state index is 12.2. The van der Waals surface area contributed by atoms with Gasteiger partial charge < -0.3 is 32.8 Å². The van der Waals surface area contributed by atoms with Gasteiger partial charge >= 0.3 is 5.97 Å². The number of hydrogen-bond acceptors (Lipinski definition) is 10. The maximum absolute atomic E-state index is 12.2. The van der Waals surface area contributed by atoms with Crippen molar-refractivity contribution in [2.45, 2.75) is 96.0 Å². The lowest BCUT2D eigenvalue weighted by Crippen LogP contribution is -2.62.